The van der Waals surface area contributed by atoms with Crippen molar-refractivity contribution in [3.8, 4) is 17.2 Å². The monoisotopic (exact) mass is 618 g/mol. The first kappa shape index (κ1) is 34.0. The maximum atomic E-state index is 14.9. The van der Waals surface area contributed by atoms with Crippen LogP contribution in [-0.2, 0) is 14.5 Å². The Balaban J connectivity index is 1.15. The summed E-state index contributed by atoms with van der Waals surface area (Å²) in [4.78, 5) is 34.5. The van der Waals surface area contributed by atoms with Crippen LogP contribution in [0.25, 0.3) is 0 Å². The van der Waals surface area contributed by atoms with E-state index in [0.717, 1.165) is 49.5 Å². The van der Waals surface area contributed by atoms with Gasteiger partial charge in [0.15, 0.2) is 23.1 Å². The molecule has 0 N–H and O–H groups in total. The number of unbranched alkanes of at least 4 members (excludes halogenated alkanes) is 1. The molecule has 0 radical (unpaired) electrons. The summed E-state index contributed by atoms with van der Waals surface area (Å²) in [6.07, 6.45) is 19.0. The fourth-order valence-corrected chi connectivity index (χ4v) is 6.19. The van der Waals surface area contributed by atoms with Crippen molar-refractivity contribution in [3.63, 3.8) is 0 Å². The lowest BCUT2D eigenvalue weighted by molar-refractivity contribution is -0.172. The lowest BCUT2D eigenvalue weighted by Crippen LogP contribution is -2.14. The predicted molar refractivity (Wildman–Crippen MR) is 173 cm³/mol. The Morgan fingerprint density at radius 1 is 0.867 bits per heavy atom. The van der Waals surface area contributed by atoms with Gasteiger partial charge in [0, 0.05) is 6.42 Å². The van der Waals surface area contributed by atoms with Gasteiger partial charge >= 0.3 is 11.9 Å². The largest absolute Gasteiger partial charge is 0.427 e. The molecule has 242 valence electrons. The topological polar surface area (TPSA) is 71.1 Å². The fraction of sp³-hybridized carbons (Fsp3) is 0.474. The minimum Gasteiger partial charge on any atom is -0.427 e. The van der Waals surface area contributed by atoms with Crippen molar-refractivity contribution in [2.45, 2.75) is 96.3 Å². The van der Waals surface area contributed by atoms with E-state index in [4.69, 9.17) is 19.2 Å². The van der Waals surface area contributed by atoms with Crippen LogP contribution >= 0.6 is 0 Å². The Morgan fingerprint density at radius 2 is 1.51 bits per heavy atom. The molecule has 0 spiro atoms. The van der Waals surface area contributed by atoms with Gasteiger partial charge in [-0.15, -0.1) is 6.58 Å². The Morgan fingerprint density at radius 3 is 2.13 bits per heavy atom. The third-order valence-electron chi connectivity index (χ3n) is 8.99. The first-order valence-electron chi connectivity index (χ1n) is 16.4. The van der Waals surface area contributed by atoms with E-state index < -0.39 is 11.8 Å². The molecule has 6 nitrogen and oxygen atoms in total. The SMILES string of the molecule is C=CCCCC(=O)Oc1ccc(OOC(=C)CC(=O)Oc2ccc(C3CCC(C=CC4CCC(CC)CC4)CC3)cc2F)cc1. The van der Waals surface area contributed by atoms with Crippen LogP contribution in [0.2, 0.25) is 0 Å². The van der Waals surface area contributed by atoms with Gasteiger partial charge in [0.1, 0.15) is 12.2 Å². The van der Waals surface area contributed by atoms with Crippen molar-refractivity contribution in [2.75, 3.05) is 0 Å². The van der Waals surface area contributed by atoms with Crippen LogP contribution in [0.15, 0.2) is 79.6 Å². The molecule has 0 heterocycles. The second kappa shape index (κ2) is 17.6. The first-order valence-corrected chi connectivity index (χ1v) is 16.4. The fourth-order valence-electron chi connectivity index (χ4n) is 6.19. The maximum absolute atomic E-state index is 14.9. The van der Waals surface area contributed by atoms with Crippen molar-refractivity contribution in [1.82, 2.24) is 0 Å². The number of hydrogen-bond acceptors (Lipinski definition) is 6. The van der Waals surface area contributed by atoms with Crippen LogP contribution in [0.3, 0.4) is 0 Å². The summed E-state index contributed by atoms with van der Waals surface area (Å²) < 4.78 is 25.4. The van der Waals surface area contributed by atoms with Crippen LogP contribution in [0.4, 0.5) is 4.39 Å². The number of rotatable bonds is 15. The number of hydrogen-bond donors (Lipinski definition) is 0. The molecule has 45 heavy (non-hydrogen) atoms. The average Bonchev–Trinajstić information content (AvgIpc) is 3.05. The van der Waals surface area contributed by atoms with Crippen molar-refractivity contribution in [3.05, 3.63) is 91.0 Å². The summed E-state index contributed by atoms with van der Waals surface area (Å²) in [6, 6.07) is 11.1. The molecule has 0 aliphatic heterocycles. The van der Waals surface area contributed by atoms with E-state index in [-0.39, 0.29) is 23.9 Å². The number of allylic oxidation sites excluding steroid dienone is 3. The molecule has 0 saturated heterocycles. The molecular formula is C38H47FO6. The zero-order valence-corrected chi connectivity index (χ0v) is 26.5. The van der Waals surface area contributed by atoms with Crippen LogP contribution in [0, 0.1) is 23.6 Å². The molecule has 2 aromatic rings. The zero-order valence-electron chi connectivity index (χ0n) is 26.5. The second-order valence-electron chi connectivity index (χ2n) is 12.4. The lowest BCUT2D eigenvalue weighted by Gasteiger charge is -2.29. The van der Waals surface area contributed by atoms with E-state index in [1.54, 1.807) is 30.3 Å². The number of carbonyl (C=O) groups excluding carboxylic acids is 2. The summed E-state index contributed by atoms with van der Waals surface area (Å²) in [6.45, 7) is 9.60. The Hall–Kier alpha value is -3.87. The Bertz CT molecular complexity index is 1300. The summed E-state index contributed by atoms with van der Waals surface area (Å²) in [5.74, 6) is 1.53. The zero-order chi connectivity index (χ0) is 32.0. The van der Waals surface area contributed by atoms with Crippen molar-refractivity contribution < 1.29 is 33.2 Å². The highest BCUT2D eigenvalue weighted by Gasteiger charge is 2.24. The van der Waals surface area contributed by atoms with Gasteiger partial charge in [-0.2, -0.15) is 0 Å². The van der Waals surface area contributed by atoms with Crippen molar-refractivity contribution in [1.29, 1.82) is 0 Å². The minimum atomic E-state index is -0.718. The summed E-state index contributed by atoms with van der Waals surface area (Å²) in [5.41, 5.74) is 0.947. The lowest BCUT2D eigenvalue weighted by atomic mass is 9.77. The highest BCUT2D eigenvalue weighted by molar-refractivity contribution is 5.74. The molecule has 2 aliphatic carbocycles. The maximum Gasteiger partial charge on any atom is 0.319 e. The third-order valence-corrected chi connectivity index (χ3v) is 8.99. The van der Waals surface area contributed by atoms with Gasteiger partial charge in [-0.3, -0.25) is 19.4 Å². The van der Waals surface area contributed by atoms with E-state index >= 15 is 0 Å². The molecule has 0 atom stereocenters. The average molecular weight is 619 g/mol. The number of ether oxygens (including phenoxy) is 2. The normalized spacial score (nSPS) is 21.6. The molecule has 0 unspecified atom stereocenters. The van der Waals surface area contributed by atoms with Gasteiger partial charge in [-0.1, -0.05) is 44.2 Å². The number of halogens is 1. The number of esters is 2. The highest BCUT2D eigenvalue weighted by atomic mass is 19.1. The van der Waals surface area contributed by atoms with Gasteiger partial charge in [0.05, 0.1) is 0 Å². The van der Waals surface area contributed by atoms with Gasteiger partial charge in [0.25, 0.3) is 0 Å². The predicted octanol–water partition coefficient (Wildman–Crippen LogP) is 9.95. The summed E-state index contributed by atoms with van der Waals surface area (Å²) in [7, 11) is 0. The number of benzene rings is 2. The first-order chi connectivity index (χ1) is 21.8. The molecule has 2 saturated carbocycles. The molecule has 0 amide bonds. The van der Waals surface area contributed by atoms with E-state index in [1.807, 2.05) is 6.07 Å². The van der Waals surface area contributed by atoms with Gasteiger partial charge in [0.2, 0.25) is 0 Å². The second-order valence-corrected chi connectivity index (χ2v) is 12.4. The molecule has 2 aliphatic rings. The summed E-state index contributed by atoms with van der Waals surface area (Å²) >= 11 is 0. The van der Waals surface area contributed by atoms with E-state index in [0.29, 0.717) is 36.2 Å². The van der Waals surface area contributed by atoms with Gasteiger partial charge < -0.3 is 9.47 Å². The third kappa shape index (κ3) is 11.2. The van der Waals surface area contributed by atoms with Crippen molar-refractivity contribution >= 4 is 11.9 Å². The Kier molecular flexibility index (Phi) is 13.3. The van der Waals surface area contributed by atoms with Crippen LogP contribution in [0.1, 0.15) is 102 Å². The van der Waals surface area contributed by atoms with Crippen LogP contribution in [-0.4, -0.2) is 11.9 Å². The molecule has 0 bridgehead atoms. The Labute approximate surface area is 267 Å². The molecular weight excluding hydrogens is 571 g/mol. The standard InChI is InChI=1S/C38H47FO6/c1-4-6-7-8-37(40)42-33-20-22-34(23-21-33)45-44-27(3)25-38(41)43-36-24-19-32(26-35(36)39)31-17-15-30(16-18-31)14-13-29-11-9-28(5-2)10-12-29/h4,13-14,19-24,26,28-31H,1,3,5-12,15-18,25H2,2H3. The summed E-state index contributed by atoms with van der Waals surface area (Å²) in [5, 5.41) is 0. The van der Waals surface area contributed by atoms with Crippen LogP contribution in [0.5, 0.6) is 17.2 Å². The molecule has 2 fully saturated rings. The van der Waals surface area contributed by atoms with E-state index in [2.05, 4.69) is 32.2 Å². The molecule has 7 heteroatoms. The quantitative estimate of drug-likeness (QED) is 0.0376. The van der Waals surface area contributed by atoms with Gasteiger partial charge in [-0.25, -0.2) is 4.39 Å². The molecule has 2 aromatic carbocycles. The highest BCUT2D eigenvalue weighted by Crippen LogP contribution is 2.38. The smallest absolute Gasteiger partial charge is 0.319 e. The minimum absolute atomic E-state index is 0.00537. The van der Waals surface area contributed by atoms with E-state index in [9.17, 15) is 14.0 Å². The molecule has 0 aromatic heterocycles. The van der Waals surface area contributed by atoms with Crippen LogP contribution < -0.4 is 14.4 Å². The number of carbonyl (C=O) groups is 2. The van der Waals surface area contributed by atoms with Gasteiger partial charge in [-0.05, 0) is 130 Å². The van der Waals surface area contributed by atoms with Crippen molar-refractivity contribution in [2.24, 2.45) is 17.8 Å². The van der Waals surface area contributed by atoms with E-state index in [1.165, 1.54) is 44.2 Å². The molecule has 4 rings (SSSR count).